The van der Waals surface area contributed by atoms with E-state index in [0.717, 1.165) is 5.56 Å². The number of rotatable bonds is 12. The maximum Gasteiger partial charge on any atom is 0.317 e. The fraction of sp³-hybridized carbons (Fsp3) is 0.276. The van der Waals surface area contributed by atoms with Crippen molar-refractivity contribution in [1.82, 2.24) is 20.4 Å². The molecular formula is C29H33Cl2N5O5S. The van der Waals surface area contributed by atoms with E-state index in [-0.39, 0.29) is 49.7 Å². The van der Waals surface area contributed by atoms with E-state index in [0.29, 0.717) is 32.4 Å². The van der Waals surface area contributed by atoms with Gasteiger partial charge in [-0.3, -0.25) is 14.3 Å². The largest absolute Gasteiger partial charge is 0.348 e. The van der Waals surface area contributed by atoms with E-state index in [1.54, 1.807) is 56.6 Å². The molecule has 0 bridgehead atoms. The smallest absolute Gasteiger partial charge is 0.317 e. The second kappa shape index (κ2) is 14.9. The number of amides is 4. The van der Waals surface area contributed by atoms with Crippen LogP contribution in [0.3, 0.4) is 0 Å². The Morgan fingerprint density at radius 1 is 0.881 bits per heavy atom. The molecule has 224 valence electrons. The van der Waals surface area contributed by atoms with Crippen molar-refractivity contribution in [3.8, 4) is 0 Å². The number of hydrogen-bond acceptors (Lipinski definition) is 5. The molecule has 0 fully saturated rings. The van der Waals surface area contributed by atoms with Gasteiger partial charge in [0.2, 0.25) is 10.0 Å². The topological polar surface area (TPSA) is 128 Å². The number of urea groups is 1. The molecule has 0 saturated heterocycles. The predicted molar refractivity (Wildman–Crippen MR) is 165 cm³/mol. The first-order chi connectivity index (χ1) is 19.9. The summed E-state index contributed by atoms with van der Waals surface area (Å²) in [4.78, 5) is 39.9. The van der Waals surface area contributed by atoms with Crippen molar-refractivity contribution in [2.75, 3.05) is 38.2 Å². The predicted octanol–water partition coefficient (Wildman–Crippen LogP) is 4.60. The number of nitrogens with one attached hydrogen (secondary N) is 3. The average Bonchev–Trinajstić information content (AvgIpc) is 2.97. The fourth-order valence-corrected chi connectivity index (χ4v) is 5.45. The van der Waals surface area contributed by atoms with Crippen molar-refractivity contribution < 1.29 is 22.8 Å². The summed E-state index contributed by atoms with van der Waals surface area (Å²) in [5.74, 6) is -0.663. The molecule has 3 aromatic rings. The Labute approximate surface area is 256 Å². The van der Waals surface area contributed by atoms with E-state index < -0.39 is 10.0 Å². The Morgan fingerprint density at radius 2 is 1.52 bits per heavy atom. The number of carbonyl (C=O) groups is 3. The highest BCUT2D eigenvalue weighted by atomic mass is 35.5. The summed E-state index contributed by atoms with van der Waals surface area (Å²) in [5, 5.41) is 6.06. The zero-order chi connectivity index (χ0) is 30.9. The van der Waals surface area contributed by atoms with Crippen LogP contribution in [0, 0.1) is 0 Å². The van der Waals surface area contributed by atoms with Crippen LogP contribution in [0.15, 0.2) is 66.7 Å². The summed E-state index contributed by atoms with van der Waals surface area (Å²) in [5.41, 5.74) is 2.69. The Balaban J connectivity index is 1.51. The first-order valence-electron chi connectivity index (χ1n) is 13.0. The fourth-order valence-electron chi connectivity index (χ4n) is 3.96. The maximum atomic E-state index is 12.7. The van der Waals surface area contributed by atoms with Crippen LogP contribution in [0.4, 0.5) is 10.5 Å². The lowest BCUT2D eigenvalue weighted by Gasteiger charge is -2.23. The Morgan fingerprint density at radius 3 is 2.14 bits per heavy atom. The highest BCUT2D eigenvalue weighted by molar-refractivity contribution is 7.92. The molecule has 0 heterocycles. The van der Waals surface area contributed by atoms with Crippen LogP contribution in [0.2, 0.25) is 10.0 Å². The standard InChI is InChI=1S/C29H33Cl2N5O5S/c1-32-29(39)36(19-23-6-4-7-25(30)26(23)31)16-5-17-42(40,41)34-24-14-12-21(13-15-24)27(37)33-18-20-8-10-22(11-9-20)28(38)35(2)3/h4,6-15,34H,5,16-19H2,1-3H3,(H,32,39)(H,33,37). The molecular weight excluding hydrogens is 601 g/mol. The molecule has 0 spiro atoms. The molecule has 10 nitrogen and oxygen atoms in total. The van der Waals surface area contributed by atoms with E-state index in [1.165, 1.54) is 41.1 Å². The van der Waals surface area contributed by atoms with Crippen LogP contribution in [0.25, 0.3) is 0 Å². The van der Waals surface area contributed by atoms with Gasteiger partial charge in [-0.1, -0.05) is 47.5 Å². The number of halogens is 2. The van der Waals surface area contributed by atoms with Crippen LogP contribution in [0.1, 0.15) is 38.3 Å². The highest BCUT2D eigenvalue weighted by Crippen LogP contribution is 2.26. The summed E-state index contributed by atoms with van der Waals surface area (Å²) < 4.78 is 27.9. The van der Waals surface area contributed by atoms with Gasteiger partial charge in [-0.2, -0.15) is 0 Å². The van der Waals surface area contributed by atoms with Gasteiger partial charge in [0.1, 0.15) is 0 Å². The van der Waals surface area contributed by atoms with Crippen molar-refractivity contribution >= 4 is 56.8 Å². The summed E-state index contributed by atoms with van der Waals surface area (Å²) in [6, 6.07) is 17.8. The molecule has 0 unspecified atom stereocenters. The minimum Gasteiger partial charge on any atom is -0.348 e. The maximum absolute atomic E-state index is 12.7. The monoisotopic (exact) mass is 633 g/mol. The number of anilines is 1. The first kappa shape index (κ1) is 32.7. The van der Waals surface area contributed by atoms with Gasteiger partial charge >= 0.3 is 6.03 Å². The van der Waals surface area contributed by atoms with Gasteiger partial charge in [-0.25, -0.2) is 13.2 Å². The lowest BCUT2D eigenvalue weighted by molar-refractivity contribution is 0.0827. The molecule has 0 aliphatic rings. The third kappa shape index (κ3) is 9.37. The Kier molecular flexibility index (Phi) is 11.6. The number of hydrogen-bond donors (Lipinski definition) is 3. The van der Waals surface area contributed by atoms with Crippen molar-refractivity contribution in [2.45, 2.75) is 19.5 Å². The lowest BCUT2D eigenvalue weighted by Crippen LogP contribution is -2.39. The molecule has 4 amide bonds. The van der Waals surface area contributed by atoms with Crippen LogP contribution < -0.4 is 15.4 Å². The van der Waals surface area contributed by atoms with Gasteiger partial charge in [-0.15, -0.1) is 0 Å². The zero-order valence-corrected chi connectivity index (χ0v) is 25.8. The van der Waals surface area contributed by atoms with E-state index >= 15 is 0 Å². The number of sulfonamides is 1. The van der Waals surface area contributed by atoms with E-state index in [1.807, 2.05) is 0 Å². The second-order valence-corrected chi connectivity index (χ2v) is 12.2. The SMILES string of the molecule is CNC(=O)N(CCCS(=O)(=O)Nc1ccc(C(=O)NCc2ccc(C(=O)N(C)C)cc2)cc1)Cc1cccc(Cl)c1Cl. The molecule has 13 heteroatoms. The molecule has 3 N–H and O–H groups in total. The normalized spacial score (nSPS) is 11.0. The summed E-state index contributed by atoms with van der Waals surface area (Å²) in [6.07, 6.45) is 0.172. The minimum atomic E-state index is -3.73. The van der Waals surface area contributed by atoms with Crippen LogP contribution in [0.5, 0.6) is 0 Å². The Bertz CT molecular complexity index is 1510. The van der Waals surface area contributed by atoms with Gasteiger partial charge < -0.3 is 20.4 Å². The summed E-state index contributed by atoms with van der Waals surface area (Å²) >= 11 is 12.3. The van der Waals surface area contributed by atoms with E-state index in [2.05, 4.69) is 15.4 Å². The average molecular weight is 635 g/mol. The van der Waals surface area contributed by atoms with Crippen molar-refractivity contribution in [3.05, 3.63) is 99.0 Å². The van der Waals surface area contributed by atoms with Crippen molar-refractivity contribution in [3.63, 3.8) is 0 Å². The first-order valence-corrected chi connectivity index (χ1v) is 15.4. The van der Waals surface area contributed by atoms with Crippen molar-refractivity contribution in [2.24, 2.45) is 0 Å². The molecule has 42 heavy (non-hydrogen) atoms. The van der Waals surface area contributed by atoms with Gasteiger partial charge in [0.15, 0.2) is 0 Å². The zero-order valence-electron chi connectivity index (χ0n) is 23.5. The lowest BCUT2D eigenvalue weighted by atomic mass is 10.1. The molecule has 0 aromatic heterocycles. The summed E-state index contributed by atoms with van der Waals surface area (Å²) in [7, 11) is 1.12. The summed E-state index contributed by atoms with van der Waals surface area (Å²) in [6.45, 7) is 0.592. The van der Waals surface area contributed by atoms with Gasteiger partial charge in [-0.05, 0) is 60.0 Å². The Hall–Kier alpha value is -3.80. The second-order valence-electron chi connectivity index (χ2n) is 9.62. The van der Waals surface area contributed by atoms with Gasteiger partial charge in [0, 0.05) is 57.6 Å². The minimum absolute atomic E-state index is 0.105. The van der Waals surface area contributed by atoms with Crippen LogP contribution in [-0.4, -0.2) is 69.5 Å². The number of benzene rings is 3. The molecule has 0 atom stereocenters. The number of carbonyl (C=O) groups excluding carboxylic acids is 3. The quantitative estimate of drug-likeness (QED) is 0.269. The van der Waals surface area contributed by atoms with E-state index in [9.17, 15) is 22.8 Å². The molecule has 3 rings (SSSR count). The van der Waals surface area contributed by atoms with Crippen LogP contribution in [-0.2, 0) is 23.1 Å². The van der Waals surface area contributed by atoms with Crippen molar-refractivity contribution in [1.29, 1.82) is 0 Å². The number of nitrogens with zero attached hydrogens (tertiary/aromatic N) is 2. The molecule has 0 radical (unpaired) electrons. The highest BCUT2D eigenvalue weighted by Gasteiger charge is 2.18. The third-order valence-corrected chi connectivity index (χ3v) is 8.45. The molecule has 0 aliphatic carbocycles. The van der Waals surface area contributed by atoms with E-state index in [4.69, 9.17) is 23.2 Å². The molecule has 0 saturated carbocycles. The van der Waals surface area contributed by atoms with Gasteiger partial charge in [0.25, 0.3) is 11.8 Å². The molecule has 0 aliphatic heterocycles. The van der Waals surface area contributed by atoms with Gasteiger partial charge in [0.05, 0.1) is 15.8 Å². The molecule has 3 aromatic carbocycles. The third-order valence-electron chi connectivity index (χ3n) is 6.22. The van der Waals surface area contributed by atoms with Crippen LogP contribution >= 0.6 is 23.2 Å².